The first-order chi connectivity index (χ1) is 6.42. The molecule has 2 aliphatic rings. The summed E-state index contributed by atoms with van der Waals surface area (Å²) < 4.78 is 0. The van der Waals surface area contributed by atoms with Crippen molar-refractivity contribution in [3.05, 3.63) is 48.6 Å². The Balaban J connectivity index is -0.000000490. The van der Waals surface area contributed by atoms with Gasteiger partial charge in [0.15, 0.2) is 0 Å². The van der Waals surface area contributed by atoms with Crippen LogP contribution in [0.5, 0.6) is 0 Å². The van der Waals surface area contributed by atoms with E-state index in [0.29, 0.717) is 17.8 Å². The molecule has 1 N–H and O–H groups in total. The van der Waals surface area contributed by atoms with Crippen molar-refractivity contribution >= 4 is 0 Å². The molecule has 2 rings (SSSR count). The van der Waals surface area contributed by atoms with Gasteiger partial charge in [-0.3, -0.25) is 0 Å². The van der Waals surface area contributed by atoms with Gasteiger partial charge >= 0.3 is 26.2 Å². The molecule has 5 heteroatoms. The van der Waals surface area contributed by atoms with Gasteiger partial charge in [-0.15, -0.1) is 0 Å². The molecule has 0 saturated heterocycles. The van der Waals surface area contributed by atoms with Gasteiger partial charge in [-0.25, -0.2) is 0 Å². The van der Waals surface area contributed by atoms with Crippen molar-refractivity contribution in [2.24, 2.45) is 17.8 Å². The Bertz CT molecular complexity index is 248. The number of halogens is 3. The molecule has 0 fully saturated rings. The van der Waals surface area contributed by atoms with Gasteiger partial charge in [-0.05, 0) is 0 Å². The molecular formula is C12H14Cl3OZr. The predicted octanol–water partition coefficient (Wildman–Crippen LogP) is -6.91. The summed E-state index contributed by atoms with van der Waals surface area (Å²) in [6.07, 6.45) is 16.8. The van der Waals surface area contributed by atoms with E-state index in [9.17, 15) is 5.11 Å². The SMILES string of the molecule is OCC(C1C=CC=C1)C1C=CC=C1.[Cl-].[Cl-].[Cl-].[Zr+3]. The Kier molecular flexibility index (Phi) is 15.8. The zero-order valence-electron chi connectivity index (χ0n) is 9.14. The summed E-state index contributed by atoms with van der Waals surface area (Å²) in [5.74, 6) is 1.12. The van der Waals surface area contributed by atoms with Crippen LogP contribution >= 0.6 is 0 Å². The van der Waals surface area contributed by atoms with Gasteiger partial charge < -0.3 is 42.3 Å². The van der Waals surface area contributed by atoms with Crippen molar-refractivity contribution in [3.63, 3.8) is 0 Å². The molecule has 0 aliphatic heterocycles. The molecule has 0 saturated carbocycles. The van der Waals surface area contributed by atoms with E-state index in [0.717, 1.165) is 0 Å². The van der Waals surface area contributed by atoms with Crippen LogP contribution in [-0.2, 0) is 26.2 Å². The van der Waals surface area contributed by atoms with Gasteiger partial charge in [0, 0.05) is 24.4 Å². The summed E-state index contributed by atoms with van der Waals surface area (Å²) in [6, 6.07) is 0. The van der Waals surface area contributed by atoms with Crippen molar-refractivity contribution < 1.29 is 68.5 Å². The van der Waals surface area contributed by atoms with Crippen LogP contribution in [0.2, 0.25) is 0 Å². The standard InChI is InChI=1S/C12H14O.3ClH.Zr/c13-9-12(10-5-1-2-6-10)11-7-3-4-8-11;;;;/h1-8,10-13H,9H2;3*1H;/q;;;;+3/p-3. The van der Waals surface area contributed by atoms with Crippen molar-refractivity contribution in [2.75, 3.05) is 6.61 Å². The first-order valence-electron chi connectivity index (χ1n) is 4.72. The van der Waals surface area contributed by atoms with Crippen LogP contribution in [0.25, 0.3) is 0 Å². The van der Waals surface area contributed by atoms with Gasteiger partial charge in [0.25, 0.3) is 0 Å². The van der Waals surface area contributed by atoms with E-state index in [1.165, 1.54) is 0 Å². The van der Waals surface area contributed by atoms with Crippen molar-refractivity contribution in [2.45, 2.75) is 0 Å². The largest absolute Gasteiger partial charge is 3.00 e. The summed E-state index contributed by atoms with van der Waals surface area (Å²) >= 11 is 0. The average Bonchev–Trinajstić information content (AvgIpc) is 2.76. The van der Waals surface area contributed by atoms with Gasteiger partial charge in [-0.1, -0.05) is 48.6 Å². The molecule has 17 heavy (non-hydrogen) atoms. The van der Waals surface area contributed by atoms with Crippen LogP contribution in [0.1, 0.15) is 0 Å². The molecule has 0 spiro atoms. The Morgan fingerprint density at radius 1 is 0.765 bits per heavy atom. The molecule has 0 aromatic carbocycles. The fourth-order valence-corrected chi connectivity index (χ4v) is 1.97. The summed E-state index contributed by atoms with van der Waals surface area (Å²) in [5.41, 5.74) is 0. The number of hydrogen-bond acceptors (Lipinski definition) is 1. The van der Waals surface area contributed by atoms with E-state index < -0.39 is 0 Å². The van der Waals surface area contributed by atoms with Gasteiger partial charge in [0.05, 0.1) is 0 Å². The number of aliphatic hydroxyl groups excluding tert-OH is 1. The first-order valence-corrected chi connectivity index (χ1v) is 4.72. The first kappa shape index (κ1) is 22.8. The van der Waals surface area contributed by atoms with Crippen molar-refractivity contribution in [1.29, 1.82) is 0 Å². The summed E-state index contributed by atoms with van der Waals surface area (Å²) in [5, 5.41) is 9.31. The van der Waals surface area contributed by atoms with E-state index in [-0.39, 0.29) is 70.0 Å². The topological polar surface area (TPSA) is 20.2 Å². The predicted molar refractivity (Wildman–Crippen MR) is 54.1 cm³/mol. The maximum absolute atomic E-state index is 9.31. The molecule has 1 radical (unpaired) electrons. The van der Waals surface area contributed by atoms with Crippen LogP contribution in [0, 0.1) is 17.8 Å². The molecular weight excluding hydrogens is 358 g/mol. The van der Waals surface area contributed by atoms with Crippen LogP contribution in [0.4, 0.5) is 0 Å². The van der Waals surface area contributed by atoms with E-state index >= 15 is 0 Å². The van der Waals surface area contributed by atoms with E-state index in [2.05, 4.69) is 48.6 Å². The summed E-state index contributed by atoms with van der Waals surface area (Å²) in [6.45, 7) is 0.249. The Labute approximate surface area is 140 Å². The third kappa shape index (κ3) is 5.90. The minimum atomic E-state index is 0. The summed E-state index contributed by atoms with van der Waals surface area (Å²) in [4.78, 5) is 0. The fourth-order valence-electron chi connectivity index (χ4n) is 1.97. The van der Waals surface area contributed by atoms with Crippen LogP contribution < -0.4 is 37.2 Å². The molecule has 0 atom stereocenters. The van der Waals surface area contributed by atoms with E-state index in [1.54, 1.807) is 0 Å². The van der Waals surface area contributed by atoms with Crippen LogP contribution in [0.15, 0.2) is 48.6 Å². The minimum absolute atomic E-state index is 0. The molecule has 0 heterocycles. The van der Waals surface area contributed by atoms with Gasteiger partial charge in [0.2, 0.25) is 0 Å². The normalized spacial score (nSPS) is 16.4. The molecule has 0 aromatic heterocycles. The Morgan fingerprint density at radius 3 is 1.29 bits per heavy atom. The molecule has 1 nitrogen and oxygen atoms in total. The number of aliphatic hydroxyl groups is 1. The van der Waals surface area contributed by atoms with Crippen LogP contribution in [0.3, 0.4) is 0 Å². The van der Waals surface area contributed by atoms with Crippen molar-refractivity contribution in [3.8, 4) is 0 Å². The second-order valence-electron chi connectivity index (χ2n) is 3.54. The minimum Gasteiger partial charge on any atom is -1.00 e. The molecule has 2 aliphatic carbocycles. The third-order valence-electron chi connectivity index (χ3n) is 2.76. The van der Waals surface area contributed by atoms with E-state index in [4.69, 9.17) is 0 Å². The number of rotatable bonds is 3. The van der Waals surface area contributed by atoms with Crippen LogP contribution in [-0.4, -0.2) is 11.7 Å². The second-order valence-corrected chi connectivity index (χ2v) is 3.54. The quantitative estimate of drug-likeness (QED) is 0.523. The van der Waals surface area contributed by atoms with Gasteiger partial charge in [0.1, 0.15) is 0 Å². The zero-order chi connectivity index (χ0) is 9.10. The number of allylic oxidation sites excluding steroid dienone is 8. The zero-order valence-corrected chi connectivity index (χ0v) is 13.9. The molecule has 0 unspecified atom stereocenters. The summed E-state index contributed by atoms with van der Waals surface area (Å²) in [7, 11) is 0. The van der Waals surface area contributed by atoms with E-state index in [1.807, 2.05) is 0 Å². The smallest absolute Gasteiger partial charge is 1.00 e. The molecule has 93 valence electrons. The van der Waals surface area contributed by atoms with Crippen molar-refractivity contribution in [1.82, 2.24) is 0 Å². The Morgan fingerprint density at radius 2 is 1.06 bits per heavy atom. The third-order valence-corrected chi connectivity index (χ3v) is 2.76. The monoisotopic (exact) mass is 369 g/mol. The Hall–Kier alpha value is 0.673. The number of hydrogen-bond donors (Lipinski definition) is 1. The maximum atomic E-state index is 9.31. The molecule has 0 bridgehead atoms. The molecule has 0 aromatic rings. The van der Waals surface area contributed by atoms with Gasteiger partial charge in [-0.2, -0.15) is 0 Å². The maximum Gasteiger partial charge on any atom is 3.00 e. The average molecular weight is 372 g/mol. The fraction of sp³-hybridized carbons (Fsp3) is 0.333. The second kappa shape index (κ2) is 11.7. The molecule has 0 amide bonds.